The van der Waals surface area contributed by atoms with Gasteiger partial charge in [0.15, 0.2) is 0 Å². The van der Waals surface area contributed by atoms with Crippen LogP contribution in [0.1, 0.15) is 16.7 Å². The lowest BCUT2D eigenvalue weighted by Crippen LogP contribution is -1.96. The highest BCUT2D eigenvalue weighted by molar-refractivity contribution is 6.30. The fourth-order valence-corrected chi connectivity index (χ4v) is 1.86. The molecule has 0 aliphatic carbocycles. The van der Waals surface area contributed by atoms with Gasteiger partial charge in [0, 0.05) is 5.02 Å². The molecular weight excluding hydrogens is 248 g/mol. The van der Waals surface area contributed by atoms with Gasteiger partial charge in [0.25, 0.3) is 0 Å². The van der Waals surface area contributed by atoms with Gasteiger partial charge in [-0.15, -0.1) is 0 Å². The SMILES string of the molecule is Cc1cccc(COOCc2cccc(Cl)c2)c1. The van der Waals surface area contributed by atoms with E-state index in [4.69, 9.17) is 21.4 Å². The lowest BCUT2D eigenvalue weighted by Gasteiger charge is -2.05. The summed E-state index contributed by atoms with van der Waals surface area (Å²) in [5, 5.41) is 0.704. The van der Waals surface area contributed by atoms with Gasteiger partial charge in [-0.2, -0.15) is 0 Å². The zero-order chi connectivity index (χ0) is 12.8. The summed E-state index contributed by atoms with van der Waals surface area (Å²) in [5.41, 5.74) is 3.30. The number of aryl methyl sites for hydroxylation is 1. The van der Waals surface area contributed by atoms with Crippen LogP contribution in [0.25, 0.3) is 0 Å². The molecule has 0 aromatic heterocycles. The summed E-state index contributed by atoms with van der Waals surface area (Å²) in [6.45, 7) is 2.89. The van der Waals surface area contributed by atoms with Crippen LogP contribution < -0.4 is 0 Å². The van der Waals surface area contributed by atoms with E-state index in [1.807, 2.05) is 36.4 Å². The highest BCUT2D eigenvalue weighted by atomic mass is 35.5. The standard InChI is InChI=1S/C15H15ClO2/c1-12-4-2-5-13(8-12)10-17-18-11-14-6-3-7-15(16)9-14/h2-9H,10-11H2,1H3. The second-order valence-electron chi connectivity index (χ2n) is 4.14. The number of hydrogen-bond donors (Lipinski definition) is 0. The van der Waals surface area contributed by atoms with Gasteiger partial charge in [-0.05, 0) is 30.2 Å². The van der Waals surface area contributed by atoms with Crippen molar-refractivity contribution >= 4 is 11.6 Å². The summed E-state index contributed by atoms with van der Waals surface area (Å²) in [4.78, 5) is 10.3. The molecule has 0 fully saturated rings. The summed E-state index contributed by atoms with van der Waals surface area (Å²) < 4.78 is 0. The largest absolute Gasteiger partial charge is 0.232 e. The summed E-state index contributed by atoms with van der Waals surface area (Å²) in [6.07, 6.45) is 0. The Morgan fingerprint density at radius 3 is 2.11 bits per heavy atom. The highest BCUT2D eigenvalue weighted by Crippen LogP contribution is 2.12. The van der Waals surface area contributed by atoms with Crippen LogP contribution in [0.4, 0.5) is 0 Å². The average Bonchev–Trinajstić information content (AvgIpc) is 2.35. The Morgan fingerprint density at radius 2 is 1.50 bits per heavy atom. The second kappa shape index (κ2) is 6.55. The van der Waals surface area contributed by atoms with Crippen LogP contribution in [-0.2, 0) is 23.0 Å². The van der Waals surface area contributed by atoms with Crippen molar-refractivity contribution in [2.75, 3.05) is 0 Å². The van der Waals surface area contributed by atoms with Gasteiger partial charge in [0.2, 0.25) is 0 Å². The molecule has 0 N–H and O–H groups in total. The maximum atomic E-state index is 5.87. The van der Waals surface area contributed by atoms with Crippen LogP contribution in [0.3, 0.4) is 0 Å². The third kappa shape index (κ3) is 4.15. The van der Waals surface area contributed by atoms with E-state index in [1.165, 1.54) is 5.56 Å². The Bertz CT molecular complexity index is 464. The average molecular weight is 263 g/mol. The van der Waals surface area contributed by atoms with Gasteiger partial charge >= 0.3 is 0 Å². The van der Waals surface area contributed by atoms with Crippen LogP contribution in [-0.4, -0.2) is 0 Å². The third-order valence-corrected chi connectivity index (χ3v) is 2.74. The van der Waals surface area contributed by atoms with Crippen LogP contribution >= 0.6 is 11.6 Å². The van der Waals surface area contributed by atoms with E-state index < -0.39 is 0 Å². The first-order valence-corrected chi connectivity index (χ1v) is 6.16. The predicted molar refractivity (Wildman–Crippen MR) is 72.2 cm³/mol. The van der Waals surface area contributed by atoms with Crippen molar-refractivity contribution in [1.29, 1.82) is 0 Å². The predicted octanol–water partition coefficient (Wildman–Crippen LogP) is 4.30. The van der Waals surface area contributed by atoms with Gasteiger partial charge in [0.1, 0.15) is 13.2 Å². The monoisotopic (exact) mass is 262 g/mol. The zero-order valence-electron chi connectivity index (χ0n) is 10.2. The Hall–Kier alpha value is -1.35. The van der Waals surface area contributed by atoms with Crippen LogP contribution in [0.2, 0.25) is 5.02 Å². The molecule has 0 saturated heterocycles. The van der Waals surface area contributed by atoms with Crippen molar-refractivity contribution in [2.45, 2.75) is 20.1 Å². The molecule has 0 radical (unpaired) electrons. The van der Waals surface area contributed by atoms with Crippen LogP contribution in [0.5, 0.6) is 0 Å². The Labute approximate surface area is 112 Å². The molecule has 2 aromatic carbocycles. The number of rotatable bonds is 5. The van der Waals surface area contributed by atoms with E-state index in [0.29, 0.717) is 18.2 Å². The molecule has 0 unspecified atom stereocenters. The molecule has 0 aliphatic heterocycles. The zero-order valence-corrected chi connectivity index (χ0v) is 11.0. The van der Waals surface area contributed by atoms with Crippen molar-refractivity contribution in [1.82, 2.24) is 0 Å². The molecule has 0 bridgehead atoms. The molecule has 94 valence electrons. The molecule has 3 heteroatoms. The van der Waals surface area contributed by atoms with Gasteiger partial charge in [-0.25, -0.2) is 9.78 Å². The number of hydrogen-bond acceptors (Lipinski definition) is 2. The fraction of sp³-hybridized carbons (Fsp3) is 0.200. The molecule has 0 saturated carbocycles. The molecule has 0 heterocycles. The van der Waals surface area contributed by atoms with Gasteiger partial charge in [-0.1, -0.05) is 53.6 Å². The van der Waals surface area contributed by atoms with E-state index >= 15 is 0 Å². The first-order valence-electron chi connectivity index (χ1n) is 5.78. The molecule has 18 heavy (non-hydrogen) atoms. The van der Waals surface area contributed by atoms with Crippen LogP contribution in [0.15, 0.2) is 48.5 Å². The molecule has 0 amide bonds. The molecule has 0 spiro atoms. The smallest absolute Gasteiger partial charge is 0.107 e. The van der Waals surface area contributed by atoms with E-state index in [2.05, 4.69) is 19.1 Å². The van der Waals surface area contributed by atoms with Crippen molar-refractivity contribution in [2.24, 2.45) is 0 Å². The van der Waals surface area contributed by atoms with Crippen molar-refractivity contribution in [3.8, 4) is 0 Å². The van der Waals surface area contributed by atoms with Crippen LogP contribution in [0, 0.1) is 6.92 Å². The Kier molecular flexibility index (Phi) is 4.76. The van der Waals surface area contributed by atoms with E-state index in [0.717, 1.165) is 11.1 Å². The minimum atomic E-state index is 0.395. The first kappa shape index (κ1) is 13.1. The maximum Gasteiger partial charge on any atom is 0.107 e. The molecule has 0 atom stereocenters. The Balaban J connectivity index is 1.76. The molecule has 2 rings (SSSR count). The maximum absolute atomic E-state index is 5.87. The quantitative estimate of drug-likeness (QED) is 0.454. The topological polar surface area (TPSA) is 18.5 Å². The molecule has 2 nitrogen and oxygen atoms in total. The van der Waals surface area contributed by atoms with Crippen molar-refractivity contribution in [3.05, 3.63) is 70.2 Å². The van der Waals surface area contributed by atoms with Gasteiger partial charge in [-0.3, -0.25) is 0 Å². The Morgan fingerprint density at radius 1 is 0.889 bits per heavy atom. The lowest BCUT2D eigenvalue weighted by atomic mass is 10.1. The normalized spacial score (nSPS) is 10.6. The first-order chi connectivity index (χ1) is 8.74. The van der Waals surface area contributed by atoms with E-state index in [-0.39, 0.29) is 0 Å². The fourth-order valence-electron chi connectivity index (χ4n) is 1.65. The summed E-state index contributed by atoms with van der Waals surface area (Å²) in [7, 11) is 0. The van der Waals surface area contributed by atoms with Crippen molar-refractivity contribution < 1.29 is 9.78 Å². The third-order valence-electron chi connectivity index (χ3n) is 2.51. The second-order valence-corrected chi connectivity index (χ2v) is 4.58. The molecular formula is C15H15ClO2. The highest BCUT2D eigenvalue weighted by Gasteiger charge is 1.97. The molecule has 2 aromatic rings. The lowest BCUT2D eigenvalue weighted by molar-refractivity contribution is -0.313. The molecule has 0 aliphatic rings. The van der Waals surface area contributed by atoms with E-state index in [1.54, 1.807) is 0 Å². The van der Waals surface area contributed by atoms with E-state index in [9.17, 15) is 0 Å². The van der Waals surface area contributed by atoms with Crippen molar-refractivity contribution in [3.63, 3.8) is 0 Å². The van der Waals surface area contributed by atoms with Gasteiger partial charge < -0.3 is 0 Å². The summed E-state index contributed by atoms with van der Waals surface area (Å²) in [6, 6.07) is 15.7. The summed E-state index contributed by atoms with van der Waals surface area (Å²) >= 11 is 5.87. The van der Waals surface area contributed by atoms with Gasteiger partial charge in [0.05, 0.1) is 0 Å². The minimum Gasteiger partial charge on any atom is -0.232 e. The summed E-state index contributed by atoms with van der Waals surface area (Å²) in [5.74, 6) is 0. The minimum absolute atomic E-state index is 0.395. The number of halogens is 1. The number of benzene rings is 2.